The van der Waals surface area contributed by atoms with Gasteiger partial charge in [-0.05, 0) is 30.7 Å². The van der Waals surface area contributed by atoms with E-state index in [9.17, 15) is 0 Å². The standard InChI is InChI=1S/C15H19N3O/c1-3-12-5-7-14(8-6-12)19-15-11-17-13(10-18-15)9-16-4-2/h5-8,10-11,16H,3-4,9H2,1-2H3. The highest BCUT2D eigenvalue weighted by Crippen LogP contribution is 2.19. The van der Waals surface area contributed by atoms with E-state index in [1.54, 1.807) is 12.4 Å². The number of aryl methyl sites for hydroxylation is 1. The average molecular weight is 257 g/mol. The molecule has 4 heteroatoms. The molecule has 1 heterocycles. The van der Waals surface area contributed by atoms with Gasteiger partial charge < -0.3 is 10.1 Å². The van der Waals surface area contributed by atoms with Crippen molar-refractivity contribution in [3.8, 4) is 11.6 Å². The largest absolute Gasteiger partial charge is 0.438 e. The Morgan fingerprint density at radius 3 is 2.42 bits per heavy atom. The first-order chi connectivity index (χ1) is 9.31. The Morgan fingerprint density at radius 1 is 1.05 bits per heavy atom. The summed E-state index contributed by atoms with van der Waals surface area (Å²) < 4.78 is 5.64. The number of nitrogens with one attached hydrogen (secondary N) is 1. The van der Waals surface area contributed by atoms with Crippen molar-refractivity contribution in [2.24, 2.45) is 0 Å². The molecular weight excluding hydrogens is 238 g/mol. The maximum atomic E-state index is 5.64. The van der Waals surface area contributed by atoms with Crippen LogP contribution in [0.5, 0.6) is 11.6 Å². The van der Waals surface area contributed by atoms with Crippen molar-refractivity contribution in [2.45, 2.75) is 26.8 Å². The molecule has 2 aromatic rings. The Morgan fingerprint density at radius 2 is 1.84 bits per heavy atom. The van der Waals surface area contributed by atoms with Gasteiger partial charge in [-0.1, -0.05) is 26.0 Å². The fourth-order valence-electron chi connectivity index (χ4n) is 1.65. The SMILES string of the molecule is CCNCc1cnc(Oc2ccc(CC)cc2)cn1. The predicted molar refractivity (Wildman–Crippen MR) is 75.3 cm³/mol. The van der Waals surface area contributed by atoms with Crippen LogP contribution in [-0.4, -0.2) is 16.5 Å². The molecule has 0 atom stereocenters. The summed E-state index contributed by atoms with van der Waals surface area (Å²) in [5, 5.41) is 3.20. The Labute approximate surface area is 113 Å². The average Bonchev–Trinajstić information content (AvgIpc) is 2.47. The molecule has 0 fully saturated rings. The Balaban J connectivity index is 1.98. The second-order valence-electron chi connectivity index (χ2n) is 4.23. The summed E-state index contributed by atoms with van der Waals surface area (Å²) in [5.41, 5.74) is 2.20. The smallest absolute Gasteiger partial charge is 0.237 e. The number of hydrogen-bond donors (Lipinski definition) is 1. The Hall–Kier alpha value is -1.94. The van der Waals surface area contributed by atoms with E-state index in [0.717, 1.165) is 31.0 Å². The van der Waals surface area contributed by atoms with E-state index in [1.807, 2.05) is 12.1 Å². The zero-order chi connectivity index (χ0) is 13.5. The van der Waals surface area contributed by atoms with Crippen LogP contribution in [0.3, 0.4) is 0 Å². The number of nitrogens with zero attached hydrogens (tertiary/aromatic N) is 2. The van der Waals surface area contributed by atoms with Crippen molar-refractivity contribution in [1.29, 1.82) is 0 Å². The van der Waals surface area contributed by atoms with E-state index in [0.29, 0.717) is 5.88 Å². The van der Waals surface area contributed by atoms with Crippen molar-refractivity contribution in [1.82, 2.24) is 15.3 Å². The number of rotatable bonds is 6. The lowest BCUT2D eigenvalue weighted by Gasteiger charge is -2.06. The minimum absolute atomic E-state index is 0.518. The molecule has 1 aromatic carbocycles. The van der Waals surface area contributed by atoms with Gasteiger partial charge in [-0.2, -0.15) is 0 Å². The minimum atomic E-state index is 0.518. The van der Waals surface area contributed by atoms with E-state index in [4.69, 9.17) is 4.74 Å². The van der Waals surface area contributed by atoms with Crippen molar-refractivity contribution in [3.63, 3.8) is 0 Å². The second kappa shape index (κ2) is 6.85. The van der Waals surface area contributed by atoms with Crippen molar-refractivity contribution < 1.29 is 4.74 Å². The fourth-order valence-corrected chi connectivity index (χ4v) is 1.65. The summed E-state index contributed by atoms with van der Waals surface area (Å²) in [4.78, 5) is 8.54. The highest BCUT2D eigenvalue weighted by Gasteiger charge is 2.00. The molecule has 0 spiro atoms. The summed E-state index contributed by atoms with van der Waals surface area (Å²) in [5.74, 6) is 1.30. The van der Waals surface area contributed by atoms with Gasteiger partial charge in [0.2, 0.25) is 5.88 Å². The topological polar surface area (TPSA) is 47.0 Å². The second-order valence-corrected chi connectivity index (χ2v) is 4.23. The van der Waals surface area contributed by atoms with Crippen LogP contribution in [0.1, 0.15) is 25.1 Å². The highest BCUT2D eigenvalue weighted by molar-refractivity contribution is 5.29. The molecule has 0 saturated heterocycles. The Bertz CT molecular complexity index is 494. The molecule has 0 aliphatic carbocycles. The molecule has 1 N–H and O–H groups in total. The third-order valence-electron chi connectivity index (χ3n) is 2.79. The van der Waals surface area contributed by atoms with Crippen LogP contribution in [0.2, 0.25) is 0 Å². The molecule has 1 aromatic heterocycles. The van der Waals surface area contributed by atoms with Crippen LogP contribution in [0.4, 0.5) is 0 Å². The van der Waals surface area contributed by atoms with Crippen LogP contribution in [0.15, 0.2) is 36.7 Å². The van der Waals surface area contributed by atoms with E-state index in [1.165, 1.54) is 5.56 Å². The molecule has 0 aliphatic rings. The van der Waals surface area contributed by atoms with Gasteiger partial charge in [0.05, 0.1) is 18.1 Å². The maximum Gasteiger partial charge on any atom is 0.237 e. The van der Waals surface area contributed by atoms with Gasteiger partial charge in [0, 0.05) is 6.54 Å². The van der Waals surface area contributed by atoms with Crippen LogP contribution < -0.4 is 10.1 Å². The number of ether oxygens (including phenoxy) is 1. The van der Waals surface area contributed by atoms with E-state index >= 15 is 0 Å². The normalized spacial score (nSPS) is 10.4. The fraction of sp³-hybridized carbons (Fsp3) is 0.333. The Kier molecular flexibility index (Phi) is 4.86. The molecule has 2 rings (SSSR count). The molecule has 19 heavy (non-hydrogen) atoms. The quantitative estimate of drug-likeness (QED) is 0.864. The van der Waals surface area contributed by atoms with Crippen LogP contribution in [0.25, 0.3) is 0 Å². The third kappa shape index (κ3) is 4.03. The van der Waals surface area contributed by atoms with Gasteiger partial charge >= 0.3 is 0 Å². The zero-order valence-electron chi connectivity index (χ0n) is 11.4. The lowest BCUT2D eigenvalue weighted by Crippen LogP contribution is -2.13. The molecule has 0 bridgehead atoms. The third-order valence-corrected chi connectivity index (χ3v) is 2.79. The van der Waals surface area contributed by atoms with E-state index in [2.05, 4.69) is 41.3 Å². The van der Waals surface area contributed by atoms with Gasteiger partial charge in [0.25, 0.3) is 0 Å². The minimum Gasteiger partial charge on any atom is -0.438 e. The molecule has 0 saturated carbocycles. The number of hydrogen-bond acceptors (Lipinski definition) is 4. The summed E-state index contributed by atoms with van der Waals surface area (Å²) in [6.07, 6.45) is 4.41. The molecule has 0 unspecified atom stereocenters. The van der Waals surface area contributed by atoms with Gasteiger partial charge in [-0.15, -0.1) is 0 Å². The highest BCUT2D eigenvalue weighted by atomic mass is 16.5. The lowest BCUT2D eigenvalue weighted by atomic mass is 10.2. The number of benzene rings is 1. The maximum absolute atomic E-state index is 5.64. The van der Waals surface area contributed by atoms with Crippen LogP contribution in [0, 0.1) is 0 Å². The van der Waals surface area contributed by atoms with Gasteiger partial charge in [0.1, 0.15) is 5.75 Å². The van der Waals surface area contributed by atoms with Crippen LogP contribution in [-0.2, 0) is 13.0 Å². The summed E-state index contributed by atoms with van der Waals surface area (Å²) in [6, 6.07) is 8.02. The molecule has 0 aliphatic heterocycles. The van der Waals surface area contributed by atoms with Crippen molar-refractivity contribution >= 4 is 0 Å². The first-order valence-electron chi connectivity index (χ1n) is 6.60. The van der Waals surface area contributed by atoms with Crippen molar-refractivity contribution in [2.75, 3.05) is 6.54 Å². The zero-order valence-corrected chi connectivity index (χ0v) is 11.4. The van der Waals surface area contributed by atoms with E-state index < -0.39 is 0 Å². The number of aromatic nitrogens is 2. The molecular formula is C15H19N3O. The molecule has 0 amide bonds. The molecule has 100 valence electrons. The van der Waals surface area contributed by atoms with Gasteiger partial charge in [-0.25, -0.2) is 4.98 Å². The summed E-state index contributed by atoms with van der Waals surface area (Å²) in [7, 11) is 0. The lowest BCUT2D eigenvalue weighted by molar-refractivity contribution is 0.458. The molecule has 0 radical (unpaired) electrons. The predicted octanol–water partition coefficient (Wildman–Crippen LogP) is 2.94. The van der Waals surface area contributed by atoms with E-state index in [-0.39, 0.29) is 0 Å². The first kappa shape index (κ1) is 13.5. The monoisotopic (exact) mass is 257 g/mol. The van der Waals surface area contributed by atoms with Gasteiger partial charge in [-0.3, -0.25) is 4.98 Å². The van der Waals surface area contributed by atoms with Crippen LogP contribution >= 0.6 is 0 Å². The van der Waals surface area contributed by atoms with Gasteiger partial charge in [0.15, 0.2) is 0 Å². The van der Waals surface area contributed by atoms with Crippen molar-refractivity contribution in [3.05, 3.63) is 47.9 Å². The summed E-state index contributed by atoms with van der Waals surface area (Å²) in [6.45, 7) is 5.84. The first-order valence-corrected chi connectivity index (χ1v) is 6.60. The molecule has 4 nitrogen and oxygen atoms in total. The summed E-state index contributed by atoms with van der Waals surface area (Å²) >= 11 is 0.